The predicted octanol–water partition coefficient (Wildman–Crippen LogP) is -1.26. The number of aliphatic hydroxyl groups excluding tert-OH is 2. The van der Waals surface area contributed by atoms with Crippen molar-refractivity contribution in [3.05, 3.63) is 6.08 Å². The largest absolute Gasteiger partial charge is 0.394 e. The zero-order valence-electron chi connectivity index (χ0n) is 5.49. The highest BCUT2D eigenvalue weighted by Gasteiger charge is 1.98. The monoisotopic (exact) mass is 146 g/mol. The Bertz CT molecular complexity index is 117. The SMILES string of the molecule is O=C=CCOCC(O)CO. The molecule has 0 rings (SSSR count). The zero-order valence-corrected chi connectivity index (χ0v) is 5.49. The van der Waals surface area contributed by atoms with E-state index in [0.717, 1.165) is 6.08 Å². The van der Waals surface area contributed by atoms with Crippen molar-refractivity contribution in [2.24, 2.45) is 0 Å². The lowest BCUT2D eigenvalue weighted by Crippen LogP contribution is -2.19. The average Bonchev–Trinajstić information content (AvgIpc) is 1.98. The van der Waals surface area contributed by atoms with Gasteiger partial charge >= 0.3 is 0 Å². The Hall–Kier alpha value is -0.670. The quantitative estimate of drug-likeness (QED) is 0.375. The average molecular weight is 146 g/mol. The van der Waals surface area contributed by atoms with Crippen LogP contribution >= 0.6 is 0 Å². The lowest BCUT2D eigenvalue weighted by Gasteiger charge is -2.04. The van der Waals surface area contributed by atoms with E-state index in [1.807, 2.05) is 0 Å². The van der Waals surface area contributed by atoms with Crippen LogP contribution in [-0.2, 0) is 9.53 Å². The van der Waals surface area contributed by atoms with E-state index in [4.69, 9.17) is 14.9 Å². The van der Waals surface area contributed by atoms with Crippen LogP contribution in [0.4, 0.5) is 0 Å². The molecule has 0 aromatic carbocycles. The second-order valence-electron chi connectivity index (χ2n) is 1.70. The first kappa shape index (κ1) is 9.33. The van der Waals surface area contributed by atoms with Gasteiger partial charge in [-0.25, -0.2) is 4.79 Å². The van der Waals surface area contributed by atoms with E-state index in [9.17, 15) is 4.79 Å². The molecule has 0 bridgehead atoms. The molecule has 0 saturated heterocycles. The third-order valence-electron chi connectivity index (χ3n) is 0.806. The van der Waals surface area contributed by atoms with Gasteiger partial charge in [-0.05, 0) is 0 Å². The van der Waals surface area contributed by atoms with Crippen LogP contribution in [-0.4, -0.2) is 42.1 Å². The summed E-state index contributed by atoms with van der Waals surface area (Å²) in [7, 11) is 0. The summed E-state index contributed by atoms with van der Waals surface area (Å²) in [5.74, 6) is 1.52. The van der Waals surface area contributed by atoms with Crippen molar-refractivity contribution in [3.8, 4) is 0 Å². The van der Waals surface area contributed by atoms with Crippen molar-refractivity contribution < 1.29 is 19.7 Å². The molecule has 0 aliphatic heterocycles. The van der Waals surface area contributed by atoms with Crippen LogP contribution in [0.2, 0.25) is 0 Å². The molecule has 4 nitrogen and oxygen atoms in total. The first-order valence-corrected chi connectivity index (χ1v) is 2.87. The van der Waals surface area contributed by atoms with Gasteiger partial charge in [0.2, 0.25) is 0 Å². The maximum atomic E-state index is 9.55. The Balaban J connectivity index is 3.10. The minimum absolute atomic E-state index is 0.0364. The predicted molar refractivity (Wildman–Crippen MR) is 34.2 cm³/mol. The van der Waals surface area contributed by atoms with Crippen molar-refractivity contribution in [2.75, 3.05) is 19.8 Å². The molecule has 0 spiro atoms. The molecule has 0 amide bonds. The summed E-state index contributed by atoms with van der Waals surface area (Å²) in [5.41, 5.74) is 0. The van der Waals surface area contributed by atoms with Gasteiger partial charge in [-0.1, -0.05) is 0 Å². The van der Waals surface area contributed by atoms with E-state index in [0.29, 0.717) is 0 Å². The van der Waals surface area contributed by atoms with Crippen LogP contribution in [0.5, 0.6) is 0 Å². The van der Waals surface area contributed by atoms with E-state index in [2.05, 4.69) is 0 Å². The fourth-order valence-corrected chi connectivity index (χ4v) is 0.350. The Morgan fingerprint density at radius 1 is 1.70 bits per heavy atom. The normalized spacial score (nSPS) is 12.2. The van der Waals surface area contributed by atoms with Gasteiger partial charge in [0, 0.05) is 6.08 Å². The van der Waals surface area contributed by atoms with Crippen molar-refractivity contribution in [1.82, 2.24) is 0 Å². The maximum absolute atomic E-state index is 9.55. The lowest BCUT2D eigenvalue weighted by molar-refractivity contribution is 0.0151. The van der Waals surface area contributed by atoms with Crippen molar-refractivity contribution in [1.29, 1.82) is 0 Å². The Labute approximate surface area is 58.7 Å². The molecule has 2 N–H and O–H groups in total. The number of aliphatic hydroxyl groups is 2. The third kappa shape index (κ3) is 5.47. The highest BCUT2D eigenvalue weighted by Crippen LogP contribution is 1.82. The molecular weight excluding hydrogens is 136 g/mol. The molecule has 0 aromatic heterocycles. The first-order chi connectivity index (χ1) is 4.81. The van der Waals surface area contributed by atoms with Gasteiger partial charge in [0.1, 0.15) is 12.0 Å². The summed E-state index contributed by atoms with van der Waals surface area (Å²) >= 11 is 0. The molecular formula is C6H10O4. The second kappa shape index (κ2) is 6.45. The molecule has 0 aromatic rings. The van der Waals surface area contributed by atoms with E-state index in [1.54, 1.807) is 0 Å². The topological polar surface area (TPSA) is 66.8 Å². The van der Waals surface area contributed by atoms with Gasteiger partial charge in [-0.3, -0.25) is 0 Å². The van der Waals surface area contributed by atoms with Gasteiger partial charge in [-0.15, -0.1) is 0 Å². The van der Waals surface area contributed by atoms with Crippen LogP contribution < -0.4 is 0 Å². The number of hydrogen-bond acceptors (Lipinski definition) is 4. The van der Waals surface area contributed by atoms with Gasteiger partial charge in [0.05, 0.1) is 19.8 Å². The van der Waals surface area contributed by atoms with Crippen molar-refractivity contribution in [3.63, 3.8) is 0 Å². The van der Waals surface area contributed by atoms with Gasteiger partial charge in [0.15, 0.2) is 0 Å². The smallest absolute Gasteiger partial charge is 0.122 e. The maximum Gasteiger partial charge on any atom is 0.122 e. The standard InChI is InChI=1S/C6H10O4/c7-2-1-3-10-5-6(9)4-8/h1,6,8-9H,3-5H2. The van der Waals surface area contributed by atoms with Crippen molar-refractivity contribution >= 4 is 5.94 Å². The first-order valence-electron chi connectivity index (χ1n) is 2.87. The second-order valence-corrected chi connectivity index (χ2v) is 1.70. The number of rotatable bonds is 5. The van der Waals surface area contributed by atoms with Crippen LogP contribution in [0.1, 0.15) is 0 Å². The number of hydrogen-bond donors (Lipinski definition) is 2. The molecule has 58 valence electrons. The lowest BCUT2D eigenvalue weighted by atomic mass is 10.4. The summed E-state index contributed by atoms with van der Waals surface area (Å²) in [5, 5.41) is 16.9. The Morgan fingerprint density at radius 3 is 2.90 bits per heavy atom. The van der Waals surface area contributed by atoms with Crippen LogP contribution in [0.3, 0.4) is 0 Å². The summed E-state index contributed by atoms with van der Waals surface area (Å²) in [6.07, 6.45) is 0.296. The van der Waals surface area contributed by atoms with Crippen LogP contribution in [0, 0.1) is 0 Å². The van der Waals surface area contributed by atoms with Gasteiger partial charge < -0.3 is 14.9 Å². The fraction of sp³-hybridized carbons (Fsp3) is 0.667. The third-order valence-corrected chi connectivity index (χ3v) is 0.806. The van der Waals surface area contributed by atoms with Gasteiger partial charge in [-0.2, -0.15) is 0 Å². The van der Waals surface area contributed by atoms with E-state index in [1.165, 1.54) is 5.94 Å². The zero-order chi connectivity index (χ0) is 7.82. The minimum atomic E-state index is -0.861. The molecule has 4 heteroatoms. The molecule has 10 heavy (non-hydrogen) atoms. The molecule has 1 atom stereocenters. The molecule has 0 aliphatic carbocycles. The minimum Gasteiger partial charge on any atom is -0.394 e. The molecule has 0 heterocycles. The van der Waals surface area contributed by atoms with E-state index < -0.39 is 6.10 Å². The Morgan fingerprint density at radius 2 is 2.40 bits per heavy atom. The molecule has 1 unspecified atom stereocenters. The summed E-state index contributed by atoms with van der Waals surface area (Å²) in [6.45, 7) is -0.167. The van der Waals surface area contributed by atoms with Gasteiger partial charge in [0.25, 0.3) is 0 Å². The van der Waals surface area contributed by atoms with E-state index in [-0.39, 0.29) is 19.8 Å². The highest BCUT2D eigenvalue weighted by molar-refractivity contribution is 5.44. The summed E-state index contributed by atoms with van der Waals surface area (Å²) in [6, 6.07) is 0. The van der Waals surface area contributed by atoms with Crippen LogP contribution in [0.15, 0.2) is 6.08 Å². The van der Waals surface area contributed by atoms with E-state index >= 15 is 0 Å². The number of ether oxygens (including phenoxy) is 1. The Kier molecular flexibility index (Phi) is 6.02. The molecule has 0 saturated carbocycles. The number of carbonyl (C=O) groups excluding carboxylic acids is 1. The highest BCUT2D eigenvalue weighted by atomic mass is 16.5. The van der Waals surface area contributed by atoms with Crippen molar-refractivity contribution in [2.45, 2.75) is 6.10 Å². The molecule has 0 radical (unpaired) electrons. The van der Waals surface area contributed by atoms with Crippen LogP contribution in [0.25, 0.3) is 0 Å². The summed E-state index contributed by atoms with van der Waals surface area (Å²) < 4.78 is 4.70. The molecule has 0 fully saturated rings. The molecule has 0 aliphatic rings. The summed E-state index contributed by atoms with van der Waals surface area (Å²) in [4.78, 5) is 9.55. The fourth-order valence-electron chi connectivity index (χ4n) is 0.350.